The molecule has 1 unspecified atom stereocenters. The molecular formula is C35H44N4O5. The number of aromatic carboxylic acids is 1. The first-order valence-electron chi connectivity index (χ1n) is 15.4. The number of piperidine rings is 1. The van der Waals surface area contributed by atoms with Crippen LogP contribution in [-0.2, 0) is 22.5 Å². The minimum Gasteiger partial charge on any atom is -0.479 e. The highest BCUT2D eigenvalue weighted by atomic mass is 16.5. The molecule has 1 fully saturated rings. The number of aliphatic carboxylic acids is 1. The molecule has 0 spiro atoms. The number of carboxylic acids is 2. The molecule has 2 aliphatic rings. The molecule has 2 N–H and O–H groups in total. The maximum Gasteiger partial charge on any atom is 0.339 e. The van der Waals surface area contributed by atoms with Crippen molar-refractivity contribution in [3.63, 3.8) is 0 Å². The Morgan fingerprint density at radius 1 is 0.977 bits per heavy atom. The number of hydrogen-bond donors (Lipinski definition) is 2. The Morgan fingerprint density at radius 2 is 1.68 bits per heavy atom. The van der Waals surface area contributed by atoms with Crippen molar-refractivity contribution >= 4 is 23.4 Å². The molecule has 234 valence electrons. The van der Waals surface area contributed by atoms with Crippen LogP contribution in [0, 0.1) is 19.3 Å². The molecular weight excluding hydrogens is 556 g/mol. The van der Waals surface area contributed by atoms with Crippen LogP contribution in [0.15, 0.2) is 36.5 Å². The summed E-state index contributed by atoms with van der Waals surface area (Å²) in [6.07, 6.45) is 3.18. The SMILES string of the molecule is Cc1nc(C)c(C(OC(C)(C)C)C(=O)O)c(N2CCC(C)(C)CC2)c1-c1ccc2c(c1)CCN(c1ncccc1C(=O)O)C2. The zero-order chi connectivity index (χ0) is 32.0. The summed E-state index contributed by atoms with van der Waals surface area (Å²) in [5.74, 6) is -1.54. The lowest BCUT2D eigenvalue weighted by molar-refractivity contribution is -0.160. The van der Waals surface area contributed by atoms with Crippen molar-refractivity contribution in [2.75, 3.05) is 29.4 Å². The first-order valence-corrected chi connectivity index (χ1v) is 15.4. The van der Waals surface area contributed by atoms with Gasteiger partial charge in [-0.1, -0.05) is 32.0 Å². The third-order valence-corrected chi connectivity index (χ3v) is 8.79. The van der Waals surface area contributed by atoms with E-state index in [1.165, 1.54) is 5.56 Å². The van der Waals surface area contributed by atoms with Gasteiger partial charge in [0.1, 0.15) is 11.4 Å². The van der Waals surface area contributed by atoms with Gasteiger partial charge in [-0.3, -0.25) is 4.98 Å². The summed E-state index contributed by atoms with van der Waals surface area (Å²) in [6, 6.07) is 9.61. The van der Waals surface area contributed by atoms with Gasteiger partial charge in [-0.15, -0.1) is 0 Å². The second-order valence-corrected chi connectivity index (χ2v) is 13.9. The summed E-state index contributed by atoms with van der Waals surface area (Å²) in [5.41, 5.74) is 7.00. The zero-order valence-electron chi connectivity index (χ0n) is 26.9. The van der Waals surface area contributed by atoms with Crippen molar-refractivity contribution in [2.45, 2.75) is 86.0 Å². The Kier molecular flexibility index (Phi) is 8.46. The average molecular weight is 601 g/mol. The molecule has 4 heterocycles. The van der Waals surface area contributed by atoms with E-state index in [4.69, 9.17) is 9.72 Å². The van der Waals surface area contributed by atoms with Crippen LogP contribution in [-0.4, -0.2) is 57.4 Å². The van der Waals surface area contributed by atoms with E-state index in [1.807, 2.05) is 39.5 Å². The number of hydrogen-bond acceptors (Lipinski definition) is 7. The van der Waals surface area contributed by atoms with Crippen LogP contribution in [0.5, 0.6) is 0 Å². The number of aromatic nitrogens is 2. The monoisotopic (exact) mass is 600 g/mol. The third-order valence-electron chi connectivity index (χ3n) is 8.79. The Morgan fingerprint density at radius 3 is 2.32 bits per heavy atom. The second-order valence-electron chi connectivity index (χ2n) is 13.9. The van der Waals surface area contributed by atoms with Gasteiger partial charge in [0.05, 0.1) is 11.3 Å². The predicted molar refractivity (Wildman–Crippen MR) is 172 cm³/mol. The lowest BCUT2D eigenvalue weighted by Crippen LogP contribution is -2.39. The van der Waals surface area contributed by atoms with Gasteiger partial charge in [-0.05, 0) is 88.1 Å². The minimum atomic E-state index is -1.17. The van der Waals surface area contributed by atoms with E-state index in [9.17, 15) is 19.8 Å². The molecule has 0 aliphatic carbocycles. The number of benzene rings is 1. The number of nitrogens with zero attached hydrogens (tertiary/aromatic N) is 4. The summed E-state index contributed by atoms with van der Waals surface area (Å²) in [6.45, 7) is 16.9. The van der Waals surface area contributed by atoms with E-state index in [2.05, 4.69) is 41.9 Å². The van der Waals surface area contributed by atoms with Crippen molar-refractivity contribution in [1.82, 2.24) is 9.97 Å². The lowest BCUT2D eigenvalue weighted by atomic mass is 9.81. The Bertz CT molecular complexity index is 1580. The number of carbonyl (C=O) groups is 2. The van der Waals surface area contributed by atoms with Crippen LogP contribution in [0.4, 0.5) is 11.5 Å². The van der Waals surface area contributed by atoms with Crippen molar-refractivity contribution in [1.29, 1.82) is 0 Å². The number of rotatable bonds is 7. The highest BCUT2D eigenvalue weighted by Gasteiger charge is 2.36. The predicted octanol–water partition coefficient (Wildman–Crippen LogP) is 6.59. The van der Waals surface area contributed by atoms with E-state index in [0.717, 1.165) is 60.4 Å². The third kappa shape index (κ3) is 6.43. The lowest BCUT2D eigenvalue weighted by Gasteiger charge is -2.41. The number of pyridine rings is 2. The number of ether oxygens (including phenoxy) is 1. The molecule has 0 radical (unpaired) electrons. The minimum absolute atomic E-state index is 0.196. The molecule has 1 aromatic carbocycles. The summed E-state index contributed by atoms with van der Waals surface area (Å²) in [5, 5.41) is 20.2. The normalized spacial score (nSPS) is 17.2. The van der Waals surface area contributed by atoms with Gasteiger partial charge < -0.3 is 24.7 Å². The zero-order valence-corrected chi connectivity index (χ0v) is 26.9. The average Bonchev–Trinajstić information content (AvgIpc) is 2.95. The van der Waals surface area contributed by atoms with Crippen molar-refractivity contribution in [2.24, 2.45) is 5.41 Å². The van der Waals surface area contributed by atoms with Gasteiger partial charge in [0, 0.05) is 54.9 Å². The Labute approximate surface area is 259 Å². The number of carboxylic acid groups (broad SMARTS) is 2. The fourth-order valence-electron chi connectivity index (χ4n) is 6.46. The van der Waals surface area contributed by atoms with Crippen LogP contribution in [0.25, 0.3) is 11.1 Å². The first-order chi connectivity index (χ1) is 20.6. The van der Waals surface area contributed by atoms with Crippen LogP contribution in [0.1, 0.15) is 92.0 Å². The van der Waals surface area contributed by atoms with Crippen LogP contribution >= 0.6 is 0 Å². The van der Waals surface area contributed by atoms with Gasteiger partial charge in [0.25, 0.3) is 0 Å². The fraction of sp³-hybridized carbons (Fsp3) is 0.486. The molecule has 9 nitrogen and oxygen atoms in total. The van der Waals surface area contributed by atoms with E-state index in [-0.39, 0.29) is 11.0 Å². The Hall–Kier alpha value is -3.98. The molecule has 9 heteroatoms. The quantitative estimate of drug-likeness (QED) is 0.310. The van der Waals surface area contributed by atoms with E-state index >= 15 is 0 Å². The number of fused-ring (bicyclic) bond motifs is 1. The summed E-state index contributed by atoms with van der Waals surface area (Å²) < 4.78 is 6.22. The maximum absolute atomic E-state index is 12.8. The number of anilines is 2. The highest BCUT2D eigenvalue weighted by Crippen LogP contribution is 2.45. The standard InChI is InChI=1S/C35H44N4O5/c1-21-27(24-10-11-25-20-39(16-12-23(25)19-24)31-26(32(40)41)9-8-15-36-31)29(38-17-13-35(6,7)14-18-38)28(22(2)37-21)30(33(42)43)44-34(3,4)5/h8-11,15,19,30H,12-14,16-18,20H2,1-7H3,(H,40,41)(H,42,43). The summed E-state index contributed by atoms with van der Waals surface area (Å²) in [7, 11) is 0. The fourth-order valence-corrected chi connectivity index (χ4v) is 6.46. The van der Waals surface area contributed by atoms with Crippen molar-refractivity contribution in [3.05, 3.63) is 70.2 Å². The van der Waals surface area contributed by atoms with Gasteiger partial charge >= 0.3 is 11.9 Å². The number of aryl methyl sites for hydroxylation is 2. The summed E-state index contributed by atoms with van der Waals surface area (Å²) >= 11 is 0. The molecule has 1 atom stereocenters. The Balaban J connectivity index is 1.62. The highest BCUT2D eigenvalue weighted by molar-refractivity contribution is 5.93. The molecule has 44 heavy (non-hydrogen) atoms. The molecule has 1 saturated heterocycles. The van der Waals surface area contributed by atoms with E-state index < -0.39 is 23.6 Å². The molecule has 3 aromatic rings. The van der Waals surface area contributed by atoms with Crippen LogP contribution < -0.4 is 9.80 Å². The van der Waals surface area contributed by atoms with E-state index in [1.54, 1.807) is 18.3 Å². The molecule has 2 aromatic heterocycles. The molecule has 2 aliphatic heterocycles. The van der Waals surface area contributed by atoms with Crippen molar-refractivity contribution < 1.29 is 24.5 Å². The van der Waals surface area contributed by atoms with Crippen LogP contribution in [0.3, 0.4) is 0 Å². The molecule has 0 saturated carbocycles. The molecule has 0 amide bonds. The largest absolute Gasteiger partial charge is 0.479 e. The van der Waals surface area contributed by atoms with Gasteiger partial charge in [0.2, 0.25) is 0 Å². The summed E-state index contributed by atoms with van der Waals surface area (Å²) in [4.78, 5) is 38.3. The van der Waals surface area contributed by atoms with E-state index in [0.29, 0.717) is 30.2 Å². The molecule has 0 bridgehead atoms. The first kappa shape index (κ1) is 31.4. The van der Waals surface area contributed by atoms with Crippen molar-refractivity contribution in [3.8, 4) is 11.1 Å². The topological polar surface area (TPSA) is 116 Å². The van der Waals surface area contributed by atoms with Crippen LogP contribution in [0.2, 0.25) is 0 Å². The molecule has 5 rings (SSSR count). The smallest absolute Gasteiger partial charge is 0.339 e. The van der Waals surface area contributed by atoms with Gasteiger partial charge in [0.15, 0.2) is 6.10 Å². The second kappa shape index (κ2) is 11.8. The van der Waals surface area contributed by atoms with Gasteiger partial charge in [-0.25, -0.2) is 14.6 Å². The van der Waals surface area contributed by atoms with Gasteiger partial charge in [-0.2, -0.15) is 0 Å². The maximum atomic E-state index is 12.8.